The maximum Gasteiger partial charge on any atom is 0.122 e. The summed E-state index contributed by atoms with van der Waals surface area (Å²) in [5, 5.41) is 19.4. The molecule has 0 fully saturated rings. The number of phenolic OH excluding ortho intramolecular Hbond substituents is 2. The van der Waals surface area contributed by atoms with Gasteiger partial charge in [0.05, 0.1) is 0 Å². The van der Waals surface area contributed by atoms with E-state index in [9.17, 15) is 10.2 Å². The molecule has 0 saturated heterocycles. The second-order valence-corrected chi connectivity index (χ2v) is 5.93. The van der Waals surface area contributed by atoms with E-state index in [-0.39, 0.29) is 22.8 Å². The second-order valence-electron chi connectivity index (χ2n) is 5.93. The monoisotopic (exact) mass is 222 g/mol. The summed E-state index contributed by atoms with van der Waals surface area (Å²) < 4.78 is 0. The first-order valence-electron chi connectivity index (χ1n) is 5.75. The van der Waals surface area contributed by atoms with Gasteiger partial charge in [0.1, 0.15) is 11.5 Å². The first-order chi connectivity index (χ1) is 7.20. The van der Waals surface area contributed by atoms with Gasteiger partial charge in [-0.3, -0.25) is 0 Å². The smallest absolute Gasteiger partial charge is 0.122 e. The molecule has 0 saturated carbocycles. The Balaban J connectivity index is 3.24. The summed E-state index contributed by atoms with van der Waals surface area (Å²) in [6, 6.07) is 3.18. The third-order valence-electron chi connectivity index (χ3n) is 2.53. The molecule has 0 aliphatic carbocycles. The number of aromatic hydroxyl groups is 2. The number of phenols is 2. The average molecular weight is 222 g/mol. The second kappa shape index (κ2) is 4.36. The van der Waals surface area contributed by atoms with E-state index in [0.717, 1.165) is 17.5 Å². The van der Waals surface area contributed by atoms with Gasteiger partial charge in [-0.25, -0.2) is 0 Å². The molecule has 1 rings (SSSR count). The van der Waals surface area contributed by atoms with Gasteiger partial charge < -0.3 is 10.2 Å². The fourth-order valence-electron chi connectivity index (χ4n) is 2.06. The Morgan fingerprint density at radius 2 is 1.69 bits per heavy atom. The molecule has 0 aliphatic heterocycles. The number of hydrogen-bond donors (Lipinski definition) is 2. The van der Waals surface area contributed by atoms with Crippen LogP contribution in [0.15, 0.2) is 12.1 Å². The SMILES string of the molecule is CC(C)c1c(O)cc(O)cc1CC(C)(C)C. The van der Waals surface area contributed by atoms with Crippen LogP contribution in [0.3, 0.4) is 0 Å². The Labute approximate surface area is 97.9 Å². The van der Waals surface area contributed by atoms with Crippen molar-refractivity contribution in [3.63, 3.8) is 0 Å². The molecular weight excluding hydrogens is 200 g/mol. The van der Waals surface area contributed by atoms with Crippen LogP contribution in [0.2, 0.25) is 0 Å². The quantitative estimate of drug-likeness (QED) is 0.798. The fraction of sp³-hybridized carbons (Fsp3) is 0.571. The molecule has 0 unspecified atom stereocenters. The van der Waals surface area contributed by atoms with Crippen molar-refractivity contribution in [1.82, 2.24) is 0 Å². The number of hydrogen-bond acceptors (Lipinski definition) is 2. The van der Waals surface area contributed by atoms with Gasteiger partial charge in [0, 0.05) is 6.07 Å². The van der Waals surface area contributed by atoms with Crippen LogP contribution >= 0.6 is 0 Å². The van der Waals surface area contributed by atoms with Crippen LogP contribution < -0.4 is 0 Å². The molecule has 2 N–H and O–H groups in total. The molecule has 0 bridgehead atoms. The molecule has 0 aliphatic rings. The van der Waals surface area contributed by atoms with E-state index in [1.165, 1.54) is 6.07 Å². The Morgan fingerprint density at radius 3 is 2.12 bits per heavy atom. The van der Waals surface area contributed by atoms with E-state index in [1.807, 2.05) is 0 Å². The predicted octanol–water partition coefficient (Wildman–Crippen LogP) is 3.81. The Morgan fingerprint density at radius 1 is 1.12 bits per heavy atom. The molecule has 0 atom stereocenters. The molecule has 0 spiro atoms. The lowest BCUT2D eigenvalue weighted by Gasteiger charge is -2.22. The highest BCUT2D eigenvalue weighted by atomic mass is 16.3. The lowest BCUT2D eigenvalue weighted by atomic mass is 9.83. The Bertz CT molecular complexity index is 373. The van der Waals surface area contributed by atoms with Crippen molar-refractivity contribution < 1.29 is 10.2 Å². The molecule has 0 radical (unpaired) electrons. The largest absolute Gasteiger partial charge is 0.508 e. The molecule has 90 valence electrons. The van der Waals surface area contributed by atoms with E-state index < -0.39 is 0 Å². The van der Waals surface area contributed by atoms with Gasteiger partial charge in [-0.2, -0.15) is 0 Å². The molecule has 0 amide bonds. The molecule has 2 heteroatoms. The summed E-state index contributed by atoms with van der Waals surface area (Å²) in [6.45, 7) is 10.6. The van der Waals surface area contributed by atoms with Crippen LogP contribution in [-0.4, -0.2) is 10.2 Å². The zero-order valence-electron chi connectivity index (χ0n) is 10.8. The van der Waals surface area contributed by atoms with Crippen LogP contribution in [-0.2, 0) is 6.42 Å². The summed E-state index contributed by atoms with van der Waals surface area (Å²) in [5.41, 5.74) is 2.14. The van der Waals surface area contributed by atoms with E-state index in [1.54, 1.807) is 6.07 Å². The van der Waals surface area contributed by atoms with Gasteiger partial charge >= 0.3 is 0 Å². The van der Waals surface area contributed by atoms with Crippen molar-refractivity contribution in [3.8, 4) is 11.5 Å². The predicted molar refractivity (Wildman–Crippen MR) is 67.0 cm³/mol. The van der Waals surface area contributed by atoms with Gasteiger partial charge in [0.15, 0.2) is 0 Å². The topological polar surface area (TPSA) is 40.5 Å². The minimum absolute atomic E-state index is 0.140. The zero-order chi connectivity index (χ0) is 12.5. The van der Waals surface area contributed by atoms with Crippen LogP contribution in [0.1, 0.15) is 51.7 Å². The summed E-state index contributed by atoms with van der Waals surface area (Å²) in [7, 11) is 0. The summed E-state index contributed by atoms with van der Waals surface area (Å²) in [5.74, 6) is 0.605. The lowest BCUT2D eigenvalue weighted by Crippen LogP contribution is -2.11. The summed E-state index contributed by atoms with van der Waals surface area (Å²) in [6.07, 6.45) is 0.850. The summed E-state index contributed by atoms with van der Waals surface area (Å²) >= 11 is 0. The maximum atomic E-state index is 9.88. The van der Waals surface area contributed by atoms with E-state index in [0.29, 0.717) is 0 Å². The minimum atomic E-state index is 0.140. The van der Waals surface area contributed by atoms with Gasteiger partial charge in [0.25, 0.3) is 0 Å². The number of rotatable bonds is 2. The first kappa shape index (κ1) is 12.9. The maximum absolute atomic E-state index is 9.88. The third-order valence-corrected chi connectivity index (χ3v) is 2.53. The van der Waals surface area contributed by atoms with Crippen molar-refractivity contribution in [2.75, 3.05) is 0 Å². The van der Waals surface area contributed by atoms with Crippen molar-refractivity contribution in [2.24, 2.45) is 5.41 Å². The van der Waals surface area contributed by atoms with Gasteiger partial charge in [-0.1, -0.05) is 34.6 Å². The zero-order valence-corrected chi connectivity index (χ0v) is 10.8. The van der Waals surface area contributed by atoms with E-state index >= 15 is 0 Å². The van der Waals surface area contributed by atoms with Gasteiger partial charge in [-0.15, -0.1) is 0 Å². The average Bonchev–Trinajstić information content (AvgIpc) is 1.96. The van der Waals surface area contributed by atoms with E-state index in [4.69, 9.17) is 0 Å². The van der Waals surface area contributed by atoms with Crippen molar-refractivity contribution in [3.05, 3.63) is 23.3 Å². The van der Waals surface area contributed by atoms with Gasteiger partial charge in [-0.05, 0) is 34.9 Å². The third kappa shape index (κ3) is 3.16. The molecule has 1 aromatic rings. The fourth-order valence-corrected chi connectivity index (χ4v) is 2.06. The Hall–Kier alpha value is -1.18. The normalized spacial score (nSPS) is 12.1. The molecule has 2 nitrogen and oxygen atoms in total. The van der Waals surface area contributed by atoms with Crippen molar-refractivity contribution >= 4 is 0 Å². The van der Waals surface area contributed by atoms with Crippen LogP contribution in [0, 0.1) is 5.41 Å². The highest BCUT2D eigenvalue weighted by Gasteiger charge is 2.19. The van der Waals surface area contributed by atoms with Crippen LogP contribution in [0.4, 0.5) is 0 Å². The van der Waals surface area contributed by atoms with Crippen LogP contribution in [0.5, 0.6) is 11.5 Å². The molecule has 1 aromatic carbocycles. The summed E-state index contributed by atoms with van der Waals surface area (Å²) in [4.78, 5) is 0. The highest BCUT2D eigenvalue weighted by molar-refractivity contribution is 5.47. The van der Waals surface area contributed by atoms with Crippen LogP contribution in [0.25, 0.3) is 0 Å². The molecule has 16 heavy (non-hydrogen) atoms. The highest BCUT2D eigenvalue weighted by Crippen LogP contribution is 2.36. The first-order valence-corrected chi connectivity index (χ1v) is 5.75. The number of benzene rings is 1. The molecule has 0 aromatic heterocycles. The standard InChI is InChI=1S/C14H22O2/c1-9(2)13-10(8-14(3,4)5)6-11(15)7-12(13)16/h6-7,9,15-16H,8H2,1-5H3. The van der Waals surface area contributed by atoms with Crippen molar-refractivity contribution in [2.45, 2.75) is 47.0 Å². The molecule has 0 heterocycles. The van der Waals surface area contributed by atoms with E-state index in [2.05, 4.69) is 34.6 Å². The minimum Gasteiger partial charge on any atom is -0.508 e. The molecular formula is C14H22O2. The van der Waals surface area contributed by atoms with Crippen molar-refractivity contribution in [1.29, 1.82) is 0 Å². The Kier molecular flexibility index (Phi) is 3.51. The lowest BCUT2D eigenvalue weighted by molar-refractivity contribution is 0.401. The van der Waals surface area contributed by atoms with Gasteiger partial charge in [0.2, 0.25) is 0 Å².